The average molecular weight is 236 g/mol. The normalized spacial score (nSPS) is 12.9. The van der Waals surface area contributed by atoms with Crippen LogP contribution in [0.25, 0.3) is 0 Å². The maximum absolute atomic E-state index is 9.36. The summed E-state index contributed by atoms with van der Waals surface area (Å²) in [6, 6.07) is 7.86. The predicted molar refractivity (Wildman–Crippen MR) is 72.2 cm³/mol. The van der Waals surface area contributed by atoms with E-state index in [0.29, 0.717) is 11.8 Å². The molecule has 0 spiro atoms. The zero-order chi connectivity index (χ0) is 12.7. The second-order valence-electron chi connectivity index (χ2n) is 4.44. The highest BCUT2D eigenvalue weighted by molar-refractivity contribution is 5.26. The van der Waals surface area contributed by atoms with Crippen LogP contribution in [0.3, 0.4) is 0 Å². The predicted octanol–water partition coefficient (Wildman–Crippen LogP) is 2.21. The molecule has 0 fully saturated rings. The fraction of sp³-hybridized carbons (Fsp3) is 0.571. The minimum Gasteiger partial charge on any atom is -0.508 e. The Balaban J connectivity index is 2.35. The monoisotopic (exact) mass is 236 g/mol. The molecule has 0 heterocycles. The first-order valence-electron chi connectivity index (χ1n) is 6.39. The van der Waals surface area contributed by atoms with Crippen molar-refractivity contribution in [3.05, 3.63) is 29.8 Å². The van der Waals surface area contributed by atoms with E-state index in [1.807, 2.05) is 12.1 Å². The molecule has 1 aromatic rings. The van der Waals surface area contributed by atoms with Crippen molar-refractivity contribution in [3.63, 3.8) is 0 Å². The molecule has 0 amide bonds. The number of rotatable bonds is 7. The van der Waals surface area contributed by atoms with E-state index in [-0.39, 0.29) is 0 Å². The van der Waals surface area contributed by atoms with Gasteiger partial charge in [-0.25, -0.2) is 0 Å². The van der Waals surface area contributed by atoms with Crippen LogP contribution in [0.2, 0.25) is 0 Å². The van der Waals surface area contributed by atoms with Gasteiger partial charge < -0.3 is 15.3 Å². The van der Waals surface area contributed by atoms with Gasteiger partial charge in [0.15, 0.2) is 0 Å². The molecule has 0 radical (unpaired) electrons. The van der Waals surface area contributed by atoms with E-state index in [4.69, 9.17) is 0 Å². The molecular weight excluding hydrogens is 212 g/mol. The number of phenolic OH excluding ortho intramolecular Hbond substituents is 1. The van der Waals surface area contributed by atoms with Crippen molar-refractivity contribution in [2.24, 2.45) is 0 Å². The van der Waals surface area contributed by atoms with E-state index in [1.165, 1.54) is 0 Å². The number of nitrogens with one attached hydrogen (secondary N) is 1. The third kappa shape index (κ3) is 5.20. The van der Waals surface area contributed by atoms with Crippen molar-refractivity contribution in [2.45, 2.75) is 33.4 Å². The van der Waals surface area contributed by atoms with Crippen LogP contribution in [0.15, 0.2) is 24.3 Å². The van der Waals surface area contributed by atoms with Crippen LogP contribution < -0.4 is 5.32 Å². The zero-order valence-electron chi connectivity index (χ0n) is 11.1. The smallest absolute Gasteiger partial charge is 0.115 e. The van der Waals surface area contributed by atoms with Gasteiger partial charge in [0, 0.05) is 19.1 Å². The van der Waals surface area contributed by atoms with Gasteiger partial charge in [0.05, 0.1) is 0 Å². The number of hydrogen-bond acceptors (Lipinski definition) is 3. The number of phenols is 1. The van der Waals surface area contributed by atoms with Gasteiger partial charge in [0.2, 0.25) is 0 Å². The highest BCUT2D eigenvalue weighted by Crippen LogP contribution is 2.10. The summed E-state index contributed by atoms with van der Waals surface area (Å²) in [4.78, 5) is 2.40. The maximum Gasteiger partial charge on any atom is 0.115 e. The molecule has 0 bridgehead atoms. The standard InChI is InChI=1S/C14H24N2O/c1-4-16(5-2)11-12(3)15-10-13-7-6-8-14(17)9-13/h6-9,12,15,17H,4-5,10-11H2,1-3H3. The van der Waals surface area contributed by atoms with E-state index in [2.05, 4.69) is 31.0 Å². The molecule has 1 atom stereocenters. The molecule has 0 aliphatic heterocycles. The van der Waals surface area contributed by atoms with Crippen LogP contribution in [0, 0.1) is 0 Å². The number of aromatic hydroxyl groups is 1. The summed E-state index contributed by atoms with van der Waals surface area (Å²) in [5.41, 5.74) is 1.12. The highest BCUT2D eigenvalue weighted by Gasteiger charge is 2.06. The zero-order valence-corrected chi connectivity index (χ0v) is 11.1. The largest absolute Gasteiger partial charge is 0.508 e. The molecule has 0 saturated heterocycles. The van der Waals surface area contributed by atoms with Crippen molar-refractivity contribution >= 4 is 0 Å². The van der Waals surface area contributed by atoms with Gasteiger partial charge in [-0.2, -0.15) is 0 Å². The van der Waals surface area contributed by atoms with Gasteiger partial charge >= 0.3 is 0 Å². The molecule has 0 saturated carbocycles. The van der Waals surface area contributed by atoms with Crippen molar-refractivity contribution in [1.29, 1.82) is 0 Å². The van der Waals surface area contributed by atoms with E-state index in [0.717, 1.165) is 31.7 Å². The molecule has 0 aliphatic rings. The fourth-order valence-corrected chi connectivity index (χ4v) is 1.89. The Hall–Kier alpha value is -1.06. The highest BCUT2D eigenvalue weighted by atomic mass is 16.3. The summed E-state index contributed by atoms with van der Waals surface area (Å²) in [6.07, 6.45) is 0. The maximum atomic E-state index is 9.36. The molecule has 3 nitrogen and oxygen atoms in total. The van der Waals surface area contributed by atoms with Crippen LogP contribution >= 0.6 is 0 Å². The van der Waals surface area contributed by atoms with E-state index in [1.54, 1.807) is 12.1 Å². The topological polar surface area (TPSA) is 35.5 Å². The summed E-state index contributed by atoms with van der Waals surface area (Å²) in [5.74, 6) is 0.334. The number of nitrogens with zero attached hydrogens (tertiary/aromatic N) is 1. The van der Waals surface area contributed by atoms with Gasteiger partial charge in [0.1, 0.15) is 5.75 Å². The Morgan fingerprint density at radius 3 is 2.59 bits per heavy atom. The average Bonchev–Trinajstić information content (AvgIpc) is 2.33. The molecule has 1 unspecified atom stereocenters. The third-order valence-corrected chi connectivity index (χ3v) is 2.99. The first-order chi connectivity index (χ1) is 8.15. The van der Waals surface area contributed by atoms with E-state index in [9.17, 15) is 5.11 Å². The van der Waals surface area contributed by atoms with Crippen molar-refractivity contribution in [3.8, 4) is 5.75 Å². The van der Waals surface area contributed by atoms with Crippen LogP contribution in [-0.2, 0) is 6.54 Å². The van der Waals surface area contributed by atoms with Crippen LogP contribution in [0.5, 0.6) is 5.75 Å². The van der Waals surface area contributed by atoms with Crippen molar-refractivity contribution in [2.75, 3.05) is 19.6 Å². The number of benzene rings is 1. The summed E-state index contributed by atoms with van der Waals surface area (Å²) in [6.45, 7) is 10.6. The summed E-state index contributed by atoms with van der Waals surface area (Å²) in [5, 5.41) is 12.8. The summed E-state index contributed by atoms with van der Waals surface area (Å²) < 4.78 is 0. The Kier molecular flexibility index (Phi) is 6.01. The molecule has 96 valence electrons. The molecule has 0 aliphatic carbocycles. The van der Waals surface area contributed by atoms with Gasteiger partial charge in [-0.3, -0.25) is 0 Å². The summed E-state index contributed by atoms with van der Waals surface area (Å²) in [7, 11) is 0. The Bertz CT molecular complexity index is 324. The third-order valence-electron chi connectivity index (χ3n) is 2.99. The lowest BCUT2D eigenvalue weighted by Gasteiger charge is -2.23. The molecule has 0 aromatic heterocycles. The minimum atomic E-state index is 0.334. The van der Waals surface area contributed by atoms with Gasteiger partial charge in [-0.05, 0) is 37.7 Å². The second kappa shape index (κ2) is 7.30. The first kappa shape index (κ1) is 14.0. The SMILES string of the molecule is CCN(CC)CC(C)NCc1cccc(O)c1. The molecular formula is C14H24N2O. The van der Waals surface area contributed by atoms with Crippen LogP contribution in [-0.4, -0.2) is 35.7 Å². The molecule has 1 aromatic carbocycles. The summed E-state index contributed by atoms with van der Waals surface area (Å²) >= 11 is 0. The quantitative estimate of drug-likeness (QED) is 0.762. The number of hydrogen-bond donors (Lipinski definition) is 2. The first-order valence-corrected chi connectivity index (χ1v) is 6.39. The molecule has 1 rings (SSSR count). The second-order valence-corrected chi connectivity index (χ2v) is 4.44. The Morgan fingerprint density at radius 2 is 2.00 bits per heavy atom. The molecule has 17 heavy (non-hydrogen) atoms. The fourth-order valence-electron chi connectivity index (χ4n) is 1.89. The van der Waals surface area contributed by atoms with Crippen molar-refractivity contribution < 1.29 is 5.11 Å². The lowest BCUT2D eigenvalue weighted by Crippen LogP contribution is -2.38. The van der Waals surface area contributed by atoms with E-state index >= 15 is 0 Å². The van der Waals surface area contributed by atoms with Crippen molar-refractivity contribution in [1.82, 2.24) is 10.2 Å². The van der Waals surface area contributed by atoms with E-state index < -0.39 is 0 Å². The molecule has 2 N–H and O–H groups in total. The van der Waals surface area contributed by atoms with Gasteiger partial charge in [0.25, 0.3) is 0 Å². The minimum absolute atomic E-state index is 0.334. The van der Waals surface area contributed by atoms with Gasteiger partial charge in [-0.15, -0.1) is 0 Å². The number of likely N-dealkylation sites (N-methyl/N-ethyl adjacent to an activating group) is 1. The lowest BCUT2D eigenvalue weighted by atomic mass is 10.2. The van der Waals surface area contributed by atoms with Gasteiger partial charge in [-0.1, -0.05) is 26.0 Å². The Labute approximate surface area is 104 Å². The lowest BCUT2D eigenvalue weighted by molar-refractivity contribution is 0.270. The Morgan fingerprint density at radius 1 is 1.29 bits per heavy atom. The van der Waals surface area contributed by atoms with Crippen LogP contribution in [0.1, 0.15) is 26.3 Å². The van der Waals surface area contributed by atoms with Crippen LogP contribution in [0.4, 0.5) is 0 Å². The molecule has 3 heteroatoms.